The first-order valence-corrected chi connectivity index (χ1v) is 11.0. The average Bonchev–Trinajstić information content (AvgIpc) is 3.40. The lowest BCUT2D eigenvalue weighted by Crippen LogP contribution is -2.40. The molecule has 0 radical (unpaired) electrons. The van der Waals surface area contributed by atoms with Gasteiger partial charge in [0.05, 0.1) is 12.1 Å². The Morgan fingerprint density at radius 1 is 1.11 bits per heavy atom. The normalized spacial score (nSPS) is 12.1. The number of benzene rings is 1. The van der Waals surface area contributed by atoms with Crippen molar-refractivity contribution >= 4 is 22.8 Å². The quantitative estimate of drug-likeness (QED) is 0.285. The Morgan fingerprint density at radius 2 is 1.89 bits per heavy atom. The summed E-state index contributed by atoms with van der Waals surface area (Å²) in [5.74, 6) is -0.986. The number of aryl methyl sites for hydroxylation is 2. The van der Waals surface area contributed by atoms with Gasteiger partial charge in [-0.05, 0) is 47.4 Å². The topological polar surface area (TPSA) is 116 Å². The molecular formula is C20H19ClF4N8O2. The van der Waals surface area contributed by atoms with Gasteiger partial charge < -0.3 is 4.98 Å². The summed E-state index contributed by atoms with van der Waals surface area (Å²) in [7, 11) is 0. The number of nitrogens with one attached hydrogen (secondary N) is 1. The molecule has 0 aliphatic rings. The van der Waals surface area contributed by atoms with Crippen molar-refractivity contribution in [3.05, 3.63) is 67.1 Å². The van der Waals surface area contributed by atoms with Gasteiger partial charge in [0.2, 0.25) is 5.28 Å². The first-order valence-electron chi connectivity index (χ1n) is 10.6. The van der Waals surface area contributed by atoms with Crippen LogP contribution < -0.4 is 11.2 Å². The van der Waals surface area contributed by atoms with Gasteiger partial charge in [-0.3, -0.25) is 13.9 Å². The highest BCUT2D eigenvalue weighted by molar-refractivity contribution is 6.28. The largest absolute Gasteiger partial charge is 0.416 e. The zero-order valence-electron chi connectivity index (χ0n) is 18.3. The highest BCUT2D eigenvalue weighted by Crippen LogP contribution is 2.33. The van der Waals surface area contributed by atoms with E-state index in [0.717, 1.165) is 21.5 Å². The number of imidazole rings is 1. The highest BCUT2D eigenvalue weighted by Gasteiger charge is 2.34. The van der Waals surface area contributed by atoms with Crippen molar-refractivity contribution in [2.24, 2.45) is 0 Å². The lowest BCUT2D eigenvalue weighted by Gasteiger charge is -2.11. The van der Waals surface area contributed by atoms with E-state index in [1.807, 2.05) is 6.92 Å². The number of tetrazole rings is 1. The lowest BCUT2D eigenvalue weighted by atomic mass is 10.0. The molecule has 15 heteroatoms. The van der Waals surface area contributed by atoms with Crippen LogP contribution in [-0.2, 0) is 32.2 Å². The molecule has 0 aliphatic heterocycles. The molecule has 0 fully saturated rings. The van der Waals surface area contributed by atoms with Crippen molar-refractivity contribution < 1.29 is 17.6 Å². The van der Waals surface area contributed by atoms with E-state index in [1.165, 1.54) is 4.57 Å². The Bertz CT molecular complexity index is 1490. The van der Waals surface area contributed by atoms with E-state index >= 15 is 0 Å². The fourth-order valence-electron chi connectivity index (χ4n) is 3.71. The molecular weight excluding hydrogens is 496 g/mol. The van der Waals surface area contributed by atoms with Crippen LogP contribution in [0, 0.1) is 5.82 Å². The molecule has 0 saturated carbocycles. The Kier molecular flexibility index (Phi) is 6.74. The number of halogens is 5. The van der Waals surface area contributed by atoms with Crippen molar-refractivity contribution in [1.29, 1.82) is 0 Å². The van der Waals surface area contributed by atoms with Crippen molar-refractivity contribution in [2.45, 2.75) is 52.0 Å². The van der Waals surface area contributed by atoms with Crippen LogP contribution in [0.1, 0.15) is 36.7 Å². The number of alkyl halides is 3. The van der Waals surface area contributed by atoms with Crippen molar-refractivity contribution in [2.75, 3.05) is 0 Å². The predicted molar refractivity (Wildman–Crippen MR) is 117 cm³/mol. The second kappa shape index (κ2) is 9.60. The molecule has 0 atom stereocenters. The fraction of sp³-hybridized carbons (Fsp3) is 0.400. The second-order valence-electron chi connectivity index (χ2n) is 7.75. The van der Waals surface area contributed by atoms with E-state index in [9.17, 15) is 27.2 Å². The molecule has 3 aromatic heterocycles. The second-order valence-corrected chi connectivity index (χ2v) is 8.11. The predicted octanol–water partition coefficient (Wildman–Crippen LogP) is 2.78. The summed E-state index contributed by atoms with van der Waals surface area (Å²) in [6.07, 6.45) is -4.14. The van der Waals surface area contributed by atoms with Crippen LogP contribution in [0.4, 0.5) is 17.6 Å². The summed E-state index contributed by atoms with van der Waals surface area (Å²) in [5, 5.41) is 11.6. The van der Waals surface area contributed by atoms with E-state index < -0.39 is 28.8 Å². The first-order chi connectivity index (χ1) is 16.6. The van der Waals surface area contributed by atoms with Gasteiger partial charge in [-0.15, -0.1) is 10.2 Å². The molecule has 4 rings (SSSR count). The maximum atomic E-state index is 13.3. The zero-order chi connectivity index (χ0) is 25.3. The number of fused-ring (bicyclic) bond motifs is 1. The summed E-state index contributed by atoms with van der Waals surface area (Å²) in [5.41, 5.74) is -2.09. The summed E-state index contributed by atoms with van der Waals surface area (Å²) in [4.78, 5) is 33.5. The van der Waals surface area contributed by atoms with Gasteiger partial charge in [0, 0.05) is 19.5 Å². The van der Waals surface area contributed by atoms with Crippen LogP contribution in [0.5, 0.6) is 0 Å². The molecule has 186 valence electrons. The molecule has 0 unspecified atom stereocenters. The molecule has 0 aliphatic carbocycles. The summed E-state index contributed by atoms with van der Waals surface area (Å²) >= 11 is 5.88. The van der Waals surface area contributed by atoms with Gasteiger partial charge in [0.25, 0.3) is 5.56 Å². The first kappa shape index (κ1) is 24.6. The van der Waals surface area contributed by atoms with Crippen LogP contribution in [0.15, 0.2) is 27.8 Å². The van der Waals surface area contributed by atoms with Gasteiger partial charge in [-0.1, -0.05) is 13.0 Å². The number of nitrogens with zero attached hydrogens (tertiary/aromatic N) is 7. The minimum Gasteiger partial charge on any atom is -0.323 e. The monoisotopic (exact) mass is 514 g/mol. The van der Waals surface area contributed by atoms with Crippen LogP contribution in [0.25, 0.3) is 11.2 Å². The lowest BCUT2D eigenvalue weighted by molar-refractivity contribution is -0.138. The van der Waals surface area contributed by atoms with Crippen LogP contribution in [-0.4, -0.2) is 39.3 Å². The zero-order valence-corrected chi connectivity index (χ0v) is 19.1. The minimum absolute atomic E-state index is 0.00622. The van der Waals surface area contributed by atoms with Crippen LogP contribution >= 0.6 is 11.6 Å². The number of H-pyrrole nitrogens is 1. The van der Waals surface area contributed by atoms with E-state index in [2.05, 4.69) is 25.4 Å². The molecule has 0 spiro atoms. The Labute approximate surface area is 199 Å². The summed E-state index contributed by atoms with van der Waals surface area (Å²) < 4.78 is 55.3. The third kappa shape index (κ3) is 5.11. The third-order valence-corrected chi connectivity index (χ3v) is 5.42. The third-order valence-electron chi connectivity index (χ3n) is 5.24. The Hall–Kier alpha value is -3.55. The average molecular weight is 515 g/mol. The summed E-state index contributed by atoms with van der Waals surface area (Å²) in [6.45, 7) is 2.39. The molecule has 0 amide bonds. The summed E-state index contributed by atoms with van der Waals surface area (Å²) in [6, 6.07) is 2.39. The molecule has 3 heterocycles. The Morgan fingerprint density at radius 3 is 2.60 bits per heavy atom. The van der Waals surface area contributed by atoms with Crippen LogP contribution in [0.2, 0.25) is 5.28 Å². The van der Waals surface area contributed by atoms with Crippen molar-refractivity contribution in [3.8, 4) is 0 Å². The molecule has 1 N–H and O–H groups in total. The SMILES string of the molecule is CCCn1c(=O)n(CCCn2nnc(Cc3ccc(F)cc3C(F)(F)F)n2)c(=O)c2[nH]c(Cl)nc21. The van der Waals surface area contributed by atoms with Crippen molar-refractivity contribution in [3.63, 3.8) is 0 Å². The van der Waals surface area contributed by atoms with Gasteiger partial charge >= 0.3 is 11.9 Å². The highest BCUT2D eigenvalue weighted by atomic mass is 35.5. The maximum Gasteiger partial charge on any atom is 0.416 e. The number of hydrogen-bond acceptors (Lipinski definition) is 6. The molecule has 0 bridgehead atoms. The minimum atomic E-state index is -4.73. The van der Waals surface area contributed by atoms with Gasteiger partial charge in [-0.25, -0.2) is 9.18 Å². The van der Waals surface area contributed by atoms with Gasteiger partial charge in [-0.2, -0.15) is 23.0 Å². The van der Waals surface area contributed by atoms with E-state index in [1.54, 1.807) is 0 Å². The Balaban J connectivity index is 1.49. The standard InChI is InChI=1S/C20H19ClF4N8O2/c1-2-6-31-16-15(26-18(21)27-16)17(34)32(19(31)35)7-3-8-33-29-14(28-30-33)9-11-4-5-12(22)10-13(11)20(23,24)25/h4-5,10H,2-3,6-9H2,1H3,(H,26,27). The fourth-order valence-corrected chi connectivity index (χ4v) is 3.88. The van der Waals surface area contributed by atoms with Gasteiger partial charge in [0.15, 0.2) is 17.0 Å². The van der Waals surface area contributed by atoms with E-state index in [-0.39, 0.29) is 53.8 Å². The smallest absolute Gasteiger partial charge is 0.323 e. The van der Waals surface area contributed by atoms with E-state index in [0.29, 0.717) is 19.0 Å². The molecule has 1 aromatic carbocycles. The van der Waals surface area contributed by atoms with Gasteiger partial charge in [0.1, 0.15) is 5.82 Å². The number of rotatable bonds is 8. The molecule has 35 heavy (non-hydrogen) atoms. The van der Waals surface area contributed by atoms with Crippen LogP contribution in [0.3, 0.4) is 0 Å². The number of hydrogen-bond donors (Lipinski definition) is 1. The van der Waals surface area contributed by atoms with Crippen molar-refractivity contribution in [1.82, 2.24) is 39.3 Å². The molecule has 0 saturated heterocycles. The molecule has 10 nitrogen and oxygen atoms in total. The van der Waals surface area contributed by atoms with E-state index in [4.69, 9.17) is 11.6 Å². The number of aromatic amines is 1. The number of aromatic nitrogens is 8. The maximum absolute atomic E-state index is 13.3. The molecule has 4 aromatic rings.